The molecule has 0 saturated carbocycles. The van der Waals surface area contributed by atoms with Crippen molar-refractivity contribution in [3.63, 3.8) is 0 Å². The van der Waals surface area contributed by atoms with Gasteiger partial charge in [-0.25, -0.2) is 4.39 Å². The zero-order valence-corrected chi connectivity index (χ0v) is 8.66. The van der Waals surface area contributed by atoms with Crippen LogP contribution in [0, 0.1) is 12.7 Å². The van der Waals surface area contributed by atoms with Gasteiger partial charge in [0.25, 0.3) is 0 Å². The lowest BCUT2D eigenvalue weighted by atomic mass is 10.2. The van der Waals surface area contributed by atoms with E-state index in [1.165, 1.54) is 12.1 Å². The first-order valence-electron chi connectivity index (χ1n) is 5.15. The largest absolute Gasteiger partial charge is 0.376 e. The summed E-state index contributed by atoms with van der Waals surface area (Å²) in [7, 11) is 0. The standard InChI is InChI=1S/C12H15FNO/c1-10-8-14(6-7-15-10)9-11-2-4-12(13)5-3-11/h2-5,10H,1,6-9H2. The zero-order chi connectivity index (χ0) is 10.7. The first-order chi connectivity index (χ1) is 7.24. The smallest absolute Gasteiger partial charge is 0.123 e. The summed E-state index contributed by atoms with van der Waals surface area (Å²) in [5, 5.41) is 0. The first-order valence-corrected chi connectivity index (χ1v) is 5.15. The van der Waals surface area contributed by atoms with E-state index in [2.05, 4.69) is 11.8 Å². The molecule has 2 nitrogen and oxygen atoms in total. The molecule has 81 valence electrons. The van der Waals surface area contributed by atoms with E-state index in [0.29, 0.717) is 0 Å². The lowest BCUT2D eigenvalue weighted by Gasteiger charge is -2.30. The molecule has 15 heavy (non-hydrogen) atoms. The number of morpholine rings is 1. The van der Waals surface area contributed by atoms with Crippen LogP contribution in [0.4, 0.5) is 4.39 Å². The van der Waals surface area contributed by atoms with Crippen LogP contribution in [-0.2, 0) is 11.3 Å². The Morgan fingerprint density at radius 2 is 2.13 bits per heavy atom. The van der Waals surface area contributed by atoms with E-state index < -0.39 is 0 Å². The van der Waals surface area contributed by atoms with Gasteiger partial charge in [-0.15, -0.1) is 0 Å². The van der Waals surface area contributed by atoms with E-state index in [4.69, 9.17) is 4.74 Å². The topological polar surface area (TPSA) is 12.5 Å². The molecule has 0 bridgehead atoms. The molecule has 1 saturated heterocycles. The summed E-state index contributed by atoms with van der Waals surface area (Å²) < 4.78 is 18.0. The summed E-state index contributed by atoms with van der Waals surface area (Å²) in [5.41, 5.74) is 1.13. The van der Waals surface area contributed by atoms with Crippen LogP contribution in [0.15, 0.2) is 24.3 Å². The molecule has 0 aliphatic carbocycles. The molecule has 1 unspecified atom stereocenters. The Morgan fingerprint density at radius 3 is 2.80 bits per heavy atom. The molecule has 1 heterocycles. The maximum absolute atomic E-state index is 12.7. The van der Waals surface area contributed by atoms with Crippen molar-refractivity contribution in [2.45, 2.75) is 12.6 Å². The minimum atomic E-state index is -0.184. The lowest BCUT2D eigenvalue weighted by molar-refractivity contribution is -0.00796. The molecular formula is C12H15FNO. The van der Waals surface area contributed by atoms with Crippen molar-refractivity contribution in [2.24, 2.45) is 0 Å². The molecule has 1 fully saturated rings. The molecule has 1 aliphatic heterocycles. The number of halogens is 1. The van der Waals surface area contributed by atoms with Gasteiger partial charge in [-0.1, -0.05) is 12.1 Å². The predicted molar refractivity (Wildman–Crippen MR) is 56.8 cm³/mol. The van der Waals surface area contributed by atoms with Crippen molar-refractivity contribution in [1.29, 1.82) is 0 Å². The zero-order valence-electron chi connectivity index (χ0n) is 8.66. The average molecular weight is 208 g/mol. The van der Waals surface area contributed by atoms with E-state index in [1.54, 1.807) is 0 Å². The maximum atomic E-state index is 12.7. The van der Waals surface area contributed by atoms with Crippen molar-refractivity contribution in [2.75, 3.05) is 19.7 Å². The van der Waals surface area contributed by atoms with Gasteiger partial charge in [0.15, 0.2) is 0 Å². The molecule has 0 spiro atoms. The number of hydrogen-bond acceptors (Lipinski definition) is 2. The third-order valence-electron chi connectivity index (χ3n) is 2.54. The van der Waals surface area contributed by atoms with Gasteiger partial charge in [0.05, 0.1) is 12.7 Å². The SMILES string of the molecule is [CH2]C1CN(Cc2ccc(F)cc2)CCO1. The van der Waals surface area contributed by atoms with Crippen molar-refractivity contribution < 1.29 is 9.13 Å². The van der Waals surface area contributed by atoms with Gasteiger partial charge < -0.3 is 4.74 Å². The second-order valence-corrected chi connectivity index (χ2v) is 3.85. The number of rotatable bonds is 2. The Morgan fingerprint density at radius 1 is 1.40 bits per heavy atom. The van der Waals surface area contributed by atoms with Gasteiger partial charge in [0.2, 0.25) is 0 Å². The molecular weight excluding hydrogens is 193 g/mol. The molecule has 0 aromatic heterocycles. The Kier molecular flexibility index (Phi) is 3.34. The van der Waals surface area contributed by atoms with Gasteiger partial charge in [0.1, 0.15) is 5.82 Å². The van der Waals surface area contributed by atoms with Crippen LogP contribution in [0.2, 0.25) is 0 Å². The number of benzene rings is 1. The van der Waals surface area contributed by atoms with Crippen LogP contribution in [0.5, 0.6) is 0 Å². The average Bonchev–Trinajstić information content (AvgIpc) is 2.22. The van der Waals surface area contributed by atoms with Gasteiger partial charge in [-0.2, -0.15) is 0 Å². The van der Waals surface area contributed by atoms with Crippen molar-refractivity contribution in [1.82, 2.24) is 4.90 Å². The van der Waals surface area contributed by atoms with Crippen LogP contribution >= 0.6 is 0 Å². The first kappa shape index (κ1) is 10.6. The van der Waals surface area contributed by atoms with Crippen LogP contribution in [0.25, 0.3) is 0 Å². The summed E-state index contributed by atoms with van der Waals surface area (Å²) in [6.07, 6.45) is 0.0548. The van der Waals surface area contributed by atoms with E-state index in [-0.39, 0.29) is 11.9 Å². The molecule has 1 aromatic carbocycles. The van der Waals surface area contributed by atoms with Gasteiger partial charge >= 0.3 is 0 Å². The van der Waals surface area contributed by atoms with E-state index in [0.717, 1.165) is 31.8 Å². The van der Waals surface area contributed by atoms with Gasteiger partial charge in [-0.3, -0.25) is 4.90 Å². The molecule has 0 amide bonds. The predicted octanol–water partition coefficient (Wildman–Crippen LogP) is 1.86. The highest BCUT2D eigenvalue weighted by atomic mass is 19.1. The van der Waals surface area contributed by atoms with Gasteiger partial charge in [-0.05, 0) is 24.6 Å². The number of ether oxygens (including phenoxy) is 1. The summed E-state index contributed by atoms with van der Waals surface area (Å²) in [6, 6.07) is 6.64. The van der Waals surface area contributed by atoms with Crippen LogP contribution in [0.3, 0.4) is 0 Å². The second kappa shape index (κ2) is 4.73. The molecule has 3 heteroatoms. The summed E-state index contributed by atoms with van der Waals surface area (Å²) in [5.74, 6) is -0.184. The Labute approximate surface area is 89.7 Å². The molecule has 2 rings (SSSR count). The van der Waals surface area contributed by atoms with Gasteiger partial charge in [0, 0.05) is 19.6 Å². The molecule has 1 aliphatic rings. The minimum absolute atomic E-state index is 0.0548. The number of nitrogens with zero attached hydrogens (tertiary/aromatic N) is 1. The quantitative estimate of drug-likeness (QED) is 0.735. The molecule has 1 aromatic rings. The Hall–Kier alpha value is -0.930. The fraction of sp³-hybridized carbons (Fsp3) is 0.417. The summed E-state index contributed by atoms with van der Waals surface area (Å²) >= 11 is 0. The highest BCUT2D eigenvalue weighted by Gasteiger charge is 2.16. The Bertz CT molecular complexity index is 312. The fourth-order valence-corrected chi connectivity index (χ4v) is 1.77. The Balaban J connectivity index is 1.93. The highest BCUT2D eigenvalue weighted by molar-refractivity contribution is 5.15. The third kappa shape index (κ3) is 3.01. The molecule has 1 atom stereocenters. The second-order valence-electron chi connectivity index (χ2n) is 3.85. The fourth-order valence-electron chi connectivity index (χ4n) is 1.77. The number of hydrogen-bond donors (Lipinski definition) is 0. The summed E-state index contributed by atoms with van der Waals surface area (Å²) in [6.45, 7) is 7.22. The highest BCUT2D eigenvalue weighted by Crippen LogP contribution is 2.10. The normalized spacial score (nSPS) is 22.9. The van der Waals surface area contributed by atoms with Crippen molar-refractivity contribution in [3.8, 4) is 0 Å². The lowest BCUT2D eigenvalue weighted by Crippen LogP contribution is -2.40. The van der Waals surface area contributed by atoms with E-state index in [9.17, 15) is 4.39 Å². The van der Waals surface area contributed by atoms with Crippen LogP contribution < -0.4 is 0 Å². The molecule has 0 N–H and O–H groups in total. The van der Waals surface area contributed by atoms with Crippen molar-refractivity contribution >= 4 is 0 Å². The minimum Gasteiger partial charge on any atom is -0.376 e. The van der Waals surface area contributed by atoms with Crippen LogP contribution in [0.1, 0.15) is 5.56 Å². The van der Waals surface area contributed by atoms with Crippen molar-refractivity contribution in [3.05, 3.63) is 42.6 Å². The maximum Gasteiger partial charge on any atom is 0.123 e. The summed E-state index contributed by atoms with van der Waals surface area (Å²) in [4.78, 5) is 2.27. The van der Waals surface area contributed by atoms with Crippen LogP contribution in [-0.4, -0.2) is 30.7 Å². The monoisotopic (exact) mass is 208 g/mol. The van der Waals surface area contributed by atoms with E-state index >= 15 is 0 Å². The third-order valence-corrected chi connectivity index (χ3v) is 2.54. The molecule has 1 radical (unpaired) electrons. The van der Waals surface area contributed by atoms with E-state index in [1.807, 2.05) is 12.1 Å².